The number of nitrogens with zero attached hydrogens (tertiary/aromatic N) is 5. The molecule has 2 heterocycles. The van der Waals surface area contributed by atoms with Crippen LogP contribution in [-0.2, 0) is 0 Å². The molecular formula is C32H25N5O3. The Kier molecular flexibility index (Phi) is 6.72. The zero-order valence-corrected chi connectivity index (χ0v) is 21.7. The average Bonchev–Trinajstić information content (AvgIpc) is 3.46. The minimum absolute atomic E-state index is 0.170. The Morgan fingerprint density at radius 2 is 1.48 bits per heavy atom. The van der Waals surface area contributed by atoms with Crippen LogP contribution >= 0.6 is 0 Å². The summed E-state index contributed by atoms with van der Waals surface area (Å²) in [6.45, 7) is 2.78. The molecule has 0 atom stereocenters. The molecule has 0 aliphatic rings. The van der Waals surface area contributed by atoms with Crippen molar-refractivity contribution < 1.29 is 14.6 Å². The monoisotopic (exact) mass is 527 g/mol. The average molecular weight is 528 g/mol. The third-order valence-corrected chi connectivity index (χ3v) is 6.48. The topological polar surface area (TPSA) is 103 Å². The number of ether oxygens (including phenoxy) is 1. The van der Waals surface area contributed by atoms with Gasteiger partial charge in [-0.3, -0.25) is 9.97 Å². The van der Waals surface area contributed by atoms with Gasteiger partial charge in [-0.25, -0.2) is 14.5 Å². The summed E-state index contributed by atoms with van der Waals surface area (Å²) >= 11 is 0. The van der Waals surface area contributed by atoms with Gasteiger partial charge < -0.3 is 9.84 Å². The van der Waals surface area contributed by atoms with Gasteiger partial charge in [-0.05, 0) is 66.1 Å². The molecule has 0 bridgehead atoms. The van der Waals surface area contributed by atoms with Gasteiger partial charge in [0, 0.05) is 23.5 Å². The predicted octanol–water partition coefficient (Wildman–Crippen LogP) is 6.70. The Morgan fingerprint density at radius 1 is 0.800 bits per heavy atom. The summed E-state index contributed by atoms with van der Waals surface area (Å²) < 4.78 is 7.38. The maximum absolute atomic E-state index is 11.7. The lowest BCUT2D eigenvalue weighted by molar-refractivity contribution is 0.0697. The van der Waals surface area contributed by atoms with E-state index >= 15 is 0 Å². The number of benzene rings is 4. The molecule has 0 fully saturated rings. The predicted molar refractivity (Wildman–Crippen MR) is 154 cm³/mol. The Hall–Kier alpha value is -5.37. The molecule has 8 nitrogen and oxygen atoms in total. The van der Waals surface area contributed by atoms with E-state index in [2.05, 4.69) is 16.9 Å². The van der Waals surface area contributed by atoms with Gasteiger partial charge in [0.25, 0.3) is 0 Å². The summed E-state index contributed by atoms with van der Waals surface area (Å²) in [6.07, 6.45) is 4.26. The van der Waals surface area contributed by atoms with Crippen molar-refractivity contribution in [2.24, 2.45) is 0 Å². The van der Waals surface area contributed by atoms with Gasteiger partial charge in [0.15, 0.2) is 11.6 Å². The summed E-state index contributed by atoms with van der Waals surface area (Å²) in [5.74, 6) is 0.931. The van der Waals surface area contributed by atoms with E-state index in [1.54, 1.807) is 35.3 Å². The number of carboxylic acids is 1. The van der Waals surface area contributed by atoms with Crippen LogP contribution < -0.4 is 4.74 Å². The Morgan fingerprint density at radius 3 is 2.20 bits per heavy atom. The summed E-state index contributed by atoms with van der Waals surface area (Å²) in [6, 6.07) is 28.5. The first-order chi connectivity index (χ1) is 19.6. The van der Waals surface area contributed by atoms with Crippen LogP contribution in [0.25, 0.3) is 50.6 Å². The Balaban J connectivity index is 1.40. The van der Waals surface area contributed by atoms with Crippen molar-refractivity contribution >= 4 is 17.0 Å². The molecule has 1 N–H and O–H groups in total. The van der Waals surface area contributed by atoms with Crippen molar-refractivity contribution in [3.05, 3.63) is 109 Å². The van der Waals surface area contributed by atoms with Gasteiger partial charge >= 0.3 is 5.97 Å². The SMILES string of the molecule is CCCOc1ccc(-c2ccc(-c3nc(-c4ccc5nccnc5c4)nn3-c3cccc(C(=O)O)c3)cc2)cc1. The molecule has 0 amide bonds. The zero-order valence-electron chi connectivity index (χ0n) is 21.7. The fourth-order valence-corrected chi connectivity index (χ4v) is 4.45. The molecule has 0 saturated carbocycles. The molecule has 6 aromatic rings. The highest BCUT2D eigenvalue weighted by atomic mass is 16.5. The maximum atomic E-state index is 11.7. The minimum Gasteiger partial charge on any atom is -0.494 e. The van der Waals surface area contributed by atoms with Gasteiger partial charge in [-0.2, -0.15) is 0 Å². The van der Waals surface area contributed by atoms with Crippen LogP contribution in [0.1, 0.15) is 23.7 Å². The first-order valence-corrected chi connectivity index (χ1v) is 12.9. The molecular weight excluding hydrogens is 502 g/mol. The van der Waals surface area contributed by atoms with Crippen molar-refractivity contribution in [1.82, 2.24) is 24.7 Å². The number of hydrogen-bond acceptors (Lipinski definition) is 6. The summed E-state index contributed by atoms with van der Waals surface area (Å²) in [7, 11) is 0. The standard InChI is InChI=1S/C32H25N5O3/c1-2-18-40-27-13-10-22(11-14-27)21-6-8-23(9-7-21)31-35-30(24-12-15-28-29(20-24)34-17-16-33-28)36-37(31)26-5-3-4-25(19-26)32(38)39/h3-17,19-20H,2,18H2,1H3,(H,38,39). The highest BCUT2D eigenvalue weighted by Crippen LogP contribution is 2.30. The highest BCUT2D eigenvalue weighted by molar-refractivity contribution is 5.88. The Bertz CT molecular complexity index is 1810. The number of carboxylic acid groups (broad SMARTS) is 1. The van der Waals surface area contributed by atoms with Crippen molar-refractivity contribution in [3.8, 4) is 45.3 Å². The number of rotatable bonds is 8. The molecule has 2 aromatic heterocycles. The van der Waals surface area contributed by atoms with E-state index in [1.807, 2.05) is 72.8 Å². The number of hydrogen-bond donors (Lipinski definition) is 1. The number of fused-ring (bicyclic) bond motifs is 1. The van der Waals surface area contributed by atoms with E-state index in [4.69, 9.17) is 14.8 Å². The van der Waals surface area contributed by atoms with Crippen molar-refractivity contribution in [2.75, 3.05) is 6.61 Å². The van der Waals surface area contributed by atoms with E-state index in [9.17, 15) is 9.90 Å². The quantitative estimate of drug-likeness (QED) is 0.235. The van der Waals surface area contributed by atoms with E-state index in [0.717, 1.165) is 45.5 Å². The Labute approximate surface area is 230 Å². The molecule has 0 saturated heterocycles. The first-order valence-electron chi connectivity index (χ1n) is 12.9. The third kappa shape index (κ3) is 5.02. The van der Waals surface area contributed by atoms with Gasteiger partial charge in [-0.1, -0.05) is 49.4 Å². The summed E-state index contributed by atoms with van der Waals surface area (Å²) in [4.78, 5) is 25.3. The van der Waals surface area contributed by atoms with Gasteiger partial charge in [0.2, 0.25) is 0 Å². The third-order valence-electron chi connectivity index (χ3n) is 6.48. The number of carbonyl (C=O) groups is 1. The molecule has 0 radical (unpaired) electrons. The van der Waals surface area contributed by atoms with Crippen LogP contribution in [0.5, 0.6) is 5.75 Å². The lowest BCUT2D eigenvalue weighted by Gasteiger charge is -2.09. The van der Waals surface area contributed by atoms with Crippen LogP contribution in [0.3, 0.4) is 0 Å². The van der Waals surface area contributed by atoms with E-state index in [1.165, 1.54) is 0 Å². The molecule has 4 aromatic carbocycles. The molecule has 0 aliphatic carbocycles. The fourth-order valence-electron chi connectivity index (χ4n) is 4.45. The van der Waals surface area contributed by atoms with Crippen molar-refractivity contribution in [1.29, 1.82) is 0 Å². The summed E-state index contributed by atoms with van der Waals surface area (Å²) in [5.41, 5.74) is 6.03. The summed E-state index contributed by atoms with van der Waals surface area (Å²) in [5, 5.41) is 14.4. The van der Waals surface area contributed by atoms with Gasteiger partial charge in [0.1, 0.15) is 5.75 Å². The lowest BCUT2D eigenvalue weighted by Crippen LogP contribution is -2.03. The molecule has 6 rings (SSSR count). The normalized spacial score (nSPS) is 11.0. The van der Waals surface area contributed by atoms with Crippen LogP contribution in [0, 0.1) is 0 Å². The molecule has 0 aliphatic heterocycles. The zero-order chi connectivity index (χ0) is 27.5. The van der Waals surface area contributed by atoms with Gasteiger partial charge in [-0.15, -0.1) is 5.10 Å². The highest BCUT2D eigenvalue weighted by Gasteiger charge is 2.17. The smallest absolute Gasteiger partial charge is 0.335 e. The van der Waals surface area contributed by atoms with E-state index < -0.39 is 5.97 Å². The fraction of sp³-hybridized carbons (Fsp3) is 0.0938. The van der Waals surface area contributed by atoms with E-state index in [0.29, 0.717) is 23.9 Å². The number of aromatic carboxylic acids is 1. The molecule has 196 valence electrons. The minimum atomic E-state index is -1.01. The second-order valence-electron chi connectivity index (χ2n) is 9.24. The van der Waals surface area contributed by atoms with Crippen LogP contribution in [-0.4, -0.2) is 42.4 Å². The van der Waals surface area contributed by atoms with Crippen LogP contribution in [0.2, 0.25) is 0 Å². The second-order valence-corrected chi connectivity index (χ2v) is 9.24. The molecule has 40 heavy (non-hydrogen) atoms. The number of aromatic nitrogens is 5. The molecule has 0 spiro atoms. The largest absolute Gasteiger partial charge is 0.494 e. The van der Waals surface area contributed by atoms with Crippen LogP contribution in [0.15, 0.2) is 103 Å². The van der Waals surface area contributed by atoms with Crippen LogP contribution in [0.4, 0.5) is 0 Å². The molecule has 0 unspecified atom stereocenters. The maximum Gasteiger partial charge on any atom is 0.335 e. The van der Waals surface area contributed by atoms with Crippen molar-refractivity contribution in [2.45, 2.75) is 13.3 Å². The van der Waals surface area contributed by atoms with Gasteiger partial charge in [0.05, 0.1) is 28.9 Å². The first kappa shape index (κ1) is 24.9. The van der Waals surface area contributed by atoms with E-state index in [-0.39, 0.29) is 5.56 Å². The van der Waals surface area contributed by atoms with Crippen molar-refractivity contribution in [3.63, 3.8) is 0 Å². The lowest BCUT2D eigenvalue weighted by atomic mass is 10.0. The second kappa shape index (κ2) is 10.8. The molecule has 8 heteroatoms.